The number of para-hydroxylation sites is 1. The molecular formula is C33H38N8O. The number of benzene rings is 2. The Morgan fingerprint density at radius 3 is 2.40 bits per heavy atom. The van der Waals surface area contributed by atoms with Crippen LogP contribution in [-0.4, -0.2) is 74.3 Å². The van der Waals surface area contributed by atoms with Crippen LogP contribution in [-0.2, 0) is 7.05 Å². The third kappa shape index (κ3) is 4.82. The summed E-state index contributed by atoms with van der Waals surface area (Å²) in [5.41, 5.74) is 11.6. The van der Waals surface area contributed by atoms with Crippen LogP contribution in [0.2, 0.25) is 0 Å². The molecule has 0 atom stereocenters. The summed E-state index contributed by atoms with van der Waals surface area (Å²) >= 11 is 0. The molecule has 1 saturated heterocycles. The lowest BCUT2D eigenvalue weighted by Gasteiger charge is -2.41. The minimum Gasteiger partial charge on any atom is -0.382 e. The monoisotopic (exact) mass is 562 g/mol. The smallest absolute Gasteiger partial charge is 0.272 e. The molecule has 42 heavy (non-hydrogen) atoms. The number of hydrogen-bond donors (Lipinski definition) is 2. The number of fused-ring (bicyclic) bond motifs is 2. The fourth-order valence-corrected chi connectivity index (χ4v) is 6.89. The number of amides is 1. The highest BCUT2D eigenvalue weighted by atomic mass is 16.1. The Morgan fingerprint density at radius 1 is 0.929 bits per heavy atom. The topological polar surface area (TPSA) is 97.2 Å². The summed E-state index contributed by atoms with van der Waals surface area (Å²) in [4.78, 5) is 22.6. The number of rotatable bonds is 5. The Kier molecular flexibility index (Phi) is 6.91. The summed E-state index contributed by atoms with van der Waals surface area (Å²) < 4.78 is 3.85. The molecule has 7 rings (SSSR count). The second-order valence-corrected chi connectivity index (χ2v) is 11.9. The van der Waals surface area contributed by atoms with E-state index in [1.54, 1.807) is 6.20 Å². The van der Waals surface area contributed by atoms with Crippen molar-refractivity contribution in [1.82, 2.24) is 29.1 Å². The van der Waals surface area contributed by atoms with Gasteiger partial charge in [0.2, 0.25) is 0 Å². The Hall–Kier alpha value is -4.21. The van der Waals surface area contributed by atoms with Gasteiger partial charge in [-0.1, -0.05) is 18.2 Å². The molecule has 2 fully saturated rings. The maximum atomic E-state index is 13.1. The summed E-state index contributed by atoms with van der Waals surface area (Å²) in [5.74, 6) is 0.734. The van der Waals surface area contributed by atoms with Crippen LogP contribution < -0.4 is 11.1 Å². The molecule has 1 aliphatic heterocycles. The fourth-order valence-electron chi connectivity index (χ4n) is 6.89. The zero-order valence-corrected chi connectivity index (χ0v) is 24.3. The molecule has 3 N–H and O–H groups in total. The molecule has 1 saturated carbocycles. The first-order valence-corrected chi connectivity index (χ1v) is 15.0. The van der Waals surface area contributed by atoms with Crippen molar-refractivity contribution in [2.24, 2.45) is 7.05 Å². The molecule has 2 aliphatic rings. The van der Waals surface area contributed by atoms with E-state index in [1.807, 2.05) is 70.9 Å². The van der Waals surface area contributed by atoms with Gasteiger partial charge in [-0.2, -0.15) is 5.10 Å². The molecule has 5 aromatic rings. The van der Waals surface area contributed by atoms with E-state index < -0.39 is 0 Å². The molecule has 3 aromatic heterocycles. The van der Waals surface area contributed by atoms with Crippen molar-refractivity contribution in [3.8, 4) is 5.69 Å². The third-order valence-corrected chi connectivity index (χ3v) is 9.34. The van der Waals surface area contributed by atoms with Crippen molar-refractivity contribution in [2.45, 2.75) is 37.6 Å². The van der Waals surface area contributed by atoms with E-state index in [2.05, 4.69) is 33.2 Å². The first-order chi connectivity index (χ1) is 20.5. The van der Waals surface area contributed by atoms with Gasteiger partial charge in [-0.3, -0.25) is 9.69 Å². The van der Waals surface area contributed by atoms with Gasteiger partial charge in [0.15, 0.2) is 0 Å². The van der Waals surface area contributed by atoms with Gasteiger partial charge in [-0.05, 0) is 75.2 Å². The van der Waals surface area contributed by atoms with Crippen molar-refractivity contribution in [1.29, 1.82) is 0 Å². The van der Waals surface area contributed by atoms with Crippen molar-refractivity contribution in [3.05, 3.63) is 78.2 Å². The Labute approximate surface area is 245 Å². The lowest BCUT2D eigenvalue weighted by atomic mass is 9.82. The Balaban J connectivity index is 1.11. The number of nitrogen functional groups attached to an aromatic ring is 1. The maximum absolute atomic E-state index is 13.1. The number of likely N-dealkylation sites (N-methyl/N-ethyl adjacent to an activating group) is 1. The lowest BCUT2D eigenvalue weighted by molar-refractivity contribution is 0.0876. The van der Waals surface area contributed by atoms with Gasteiger partial charge >= 0.3 is 0 Å². The number of carbonyl (C=O) groups is 1. The molecule has 2 aromatic carbocycles. The molecule has 4 heterocycles. The molecule has 0 spiro atoms. The molecule has 0 bridgehead atoms. The molecule has 0 unspecified atom stereocenters. The normalized spacial score (nSPS) is 20.3. The lowest BCUT2D eigenvalue weighted by Crippen LogP contribution is -2.49. The SMILES string of the molecule is CN1CCN([C@H]2CC[C@H](c3nn(-c4ccc(NC(=O)c5cc6ccccc6n5C)cc4)c4c(N)nccc43)CC2)CC1. The summed E-state index contributed by atoms with van der Waals surface area (Å²) in [6, 6.07) is 20.4. The molecule has 1 amide bonds. The number of aryl methyl sites for hydroxylation is 1. The Morgan fingerprint density at radius 2 is 1.67 bits per heavy atom. The van der Waals surface area contributed by atoms with E-state index in [0.717, 1.165) is 64.8 Å². The number of nitrogens with zero attached hydrogens (tertiary/aromatic N) is 6. The van der Waals surface area contributed by atoms with E-state index in [4.69, 9.17) is 10.8 Å². The number of pyridine rings is 1. The van der Waals surface area contributed by atoms with Gasteiger partial charge in [-0.15, -0.1) is 0 Å². The summed E-state index contributed by atoms with van der Waals surface area (Å²) in [5, 5.41) is 10.3. The minimum absolute atomic E-state index is 0.145. The second kappa shape index (κ2) is 10.9. The molecule has 0 radical (unpaired) electrons. The van der Waals surface area contributed by atoms with Gasteiger partial charge in [-0.25, -0.2) is 9.67 Å². The van der Waals surface area contributed by atoms with Crippen LogP contribution in [0.15, 0.2) is 66.9 Å². The summed E-state index contributed by atoms with van der Waals surface area (Å²) in [6.45, 7) is 4.66. The maximum Gasteiger partial charge on any atom is 0.272 e. The number of nitrogens with one attached hydrogen (secondary N) is 1. The number of aromatic nitrogens is 4. The molecule has 1 aliphatic carbocycles. The van der Waals surface area contributed by atoms with Gasteiger partial charge in [0.05, 0.1) is 11.4 Å². The largest absolute Gasteiger partial charge is 0.382 e. The van der Waals surface area contributed by atoms with Crippen LogP contribution in [0.25, 0.3) is 27.5 Å². The van der Waals surface area contributed by atoms with Crippen LogP contribution >= 0.6 is 0 Å². The average Bonchev–Trinajstić information content (AvgIpc) is 3.57. The number of hydrogen-bond acceptors (Lipinski definition) is 6. The number of anilines is 2. The number of nitrogens with two attached hydrogens (primary N) is 1. The minimum atomic E-state index is -0.145. The van der Waals surface area contributed by atoms with Crippen molar-refractivity contribution >= 4 is 39.2 Å². The first-order valence-electron chi connectivity index (χ1n) is 15.0. The molecule has 9 heteroatoms. The van der Waals surface area contributed by atoms with Crippen molar-refractivity contribution < 1.29 is 4.79 Å². The second-order valence-electron chi connectivity index (χ2n) is 11.9. The van der Waals surface area contributed by atoms with Crippen LogP contribution in [0.5, 0.6) is 0 Å². The zero-order valence-electron chi connectivity index (χ0n) is 24.3. The van der Waals surface area contributed by atoms with Crippen LogP contribution in [0, 0.1) is 0 Å². The van der Waals surface area contributed by atoms with Gasteiger partial charge < -0.3 is 20.5 Å². The van der Waals surface area contributed by atoms with Crippen LogP contribution in [0.3, 0.4) is 0 Å². The highest BCUT2D eigenvalue weighted by molar-refractivity contribution is 6.06. The van der Waals surface area contributed by atoms with E-state index >= 15 is 0 Å². The van der Waals surface area contributed by atoms with E-state index in [0.29, 0.717) is 23.5 Å². The van der Waals surface area contributed by atoms with Gasteiger partial charge in [0.1, 0.15) is 17.0 Å². The van der Waals surface area contributed by atoms with Gasteiger partial charge in [0, 0.05) is 73.4 Å². The Bertz CT molecular complexity index is 1740. The van der Waals surface area contributed by atoms with Gasteiger partial charge in [0.25, 0.3) is 5.91 Å². The average molecular weight is 563 g/mol. The predicted molar refractivity (Wildman–Crippen MR) is 168 cm³/mol. The third-order valence-electron chi connectivity index (χ3n) is 9.34. The standard InChI is InChI=1S/C33H38N8O/c1-38-17-19-40(20-18-38)25-11-7-22(8-12-25)30-27-15-16-35-32(34)31(27)41(37-30)26-13-9-24(10-14-26)36-33(42)29-21-23-5-3-4-6-28(23)39(29)2/h3-6,9-10,13-16,21-22,25H,7-8,11-12,17-20H2,1-2H3,(H2,34,35)(H,36,42)/t22-,25-. The zero-order chi connectivity index (χ0) is 28.8. The van der Waals surface area contributed by atoms with Crippen LogP contribution in [0.4, 0.5) is 11.5 Å². The summed E-state index contributed by atoms with van der Waals surface area (Å²) in [6.07, 6.45) is 6.45. The van der Waals surface area contributed by atoms with Crippen molar-refractivity contribution in [2.75, 3.05) is 44.3 Å². The number of carbonyl (C=O) groups excluding carboxylic acids is 1. The predicted octanol–water partition coefficient (Wildman–Crippen LogP) is 5.02. The van der Waals surface area contributed by atoms with Crippen LogP contribution in [0.1, 0.15) is 47.8 Å². The van der Waals surface area contributed by atoms with E-state index in [9.17, 15) is 4.79 Å². The highest BCUT2D eigenvalue weighted by Gasteiger charge is 2.31. The highest BCUT2D eigenvalue weighted by Crippen LogP contribution is 2.39. The number of piperazine rings is 1. The quantitative estimate of drug-likeness (QED) is 0.312. The van der Waals surface area contributed by atoms with Crippen molar-refractivity contribution in [3.63, 3.8) is 0 Å². The molecule has 9 nitrogen and oxygen atoms in total. The molecular weight excluding hydrogens is 524 g/mol. The van der Waals surface area contributed by atoms with E-state index in [1.165, 1.54) is 25.9 Å². The van der Waals surface area contributed by atoms with E-state index in [-0.39, 0.29) is 5.91 Å². The fraction of sp³-hybridized carbons (Fsp3) is 0.364. The molecule has 216 valence electrons. The first kappa shape index (κ1) is 26.7. The summed E-state index contributed by atoms with van der Waals surface area (Å²) in [7, 11) is 4.13.